The molecule has 0 radical (unpaired) electrons. The predicted octanol–water partition coefficient (Wildman–Crippen LogP) is 3.54. The van der Waals surface area contributed by atoms with Gasteiger partial charge in [-0.1, -0.05) is 25.7 Å². The third kappa shape index (κ3) is 2.42. The molecule has 1 aromatic carbocycles. The molecule has 96 valence electrons. The van der Waals surface area contributed by atoms with Gasteiger partial charge in [0.05, 0.1) is 0 Å². The Morgan fingerprint density at radius 3 is 2.72 bits per heavy atom. The van der Waals surface area contributed by atoms with Crippen LogP contribution in [0.4, 0.5) is 11.7 Å². The Kier molecular flexibility index (Phi) is 3.09. The summed E-state index contributed by atoms with van der Waals surface area (Å²) in [6, 6.07) is 6.68. The maximum atomic E-state index is 5.74. The van der Waals surface area contributed by atoms with Crippen LogP contribution in [0.15, 0.2) is 22.6 Å². The molecule has 1 aliphatic rings. The second-order valence-corrected chi connectivity index (χ2v) is 5.08. The van der Waals surface area contributed by atoms with Crippen LogP contribution in [0.5, 0.6) is 0 Å². The van der Waals surface area contributed by atoms with Crippen LogP contribution in [-0.4, -0.2) is 11.0 Å². The molecule has 3 rings (SSSR count). The van der Waals surface area contributed by atoms with Gasteiger partial charge in [-0.3, -0.25) is 0 Å². The van der Waals surface area contributed by atoms with Gasteiger partial charge in [-0.25, -0.2) is 0 Å². The van der Waals surface area contributed by atoms with Gasteiger partial charge in [0.25, 0.3) is 6.01 Å². The molecular weight excluding hydrogens is 226 g/mol. The van der Waals surface area contributed by atoms with Crippen molar-refractivity contribution in [2.24, 2.45) is 0 Å². The molecule has 18 heavy (non-hydrogen) atoms. The molecule has 0 saturated heterocycles. The first-order valence-electron chi connectivity index (χ1n) is 6.74. The fraction of sp³-hybridized carbons (Fsp3) is 0.500. The average Bonchev–Trinajstić information content (AvgIpc) is 2.57. The quantitative estimate of drug-likeness (QED) is 0.627. The van der Waals surface area contributed by atoms with E-state index in [2.05, 4.69) is 10.3 Å². The topological polar surface area (TPSA) is 64.1 Å². The number of nitrogens with two attached hydrogens (primary N) is 1. The minimum atomic E-state index is 0.498. The number of nitrogen functional groups attached to an aromatic ring is 1. The van der Waals surface area contributed by atoms with E-state index in [4.69, 9.17) is 10.2 Å². The molecule has 1 aromatic heterocycles. The molecule has 3 N–H and O–H groups in total. The lowest BCUT2D eigenvalue weighted by molar-refractivity contribution is 0.560. The largest absolute Gasteiger partial charge is 0.424 e. The first-order valence-corrected chi connectivity index (χ1v) is 6.74. The lowest BCUT2D eigenvalue weighted by Gasteiger charge is -2.13. The van der Waals surface area contributed by atoms with Crippen molar-refractivity contribution in [2.45, 2.75) is 44.6 Å². The molecule has 2 aromatic rings. The Morgan fingerprint density at radius 1 is 1.17 bits per heavy atom. The van der Waals surface area contributed by atoms with E-state index in [0.29, 0.717) is 12.1 Å². The van der Waals surface area contributed by atoms with Gasteiger partial charge in [-0.15, -0.1) is 0 Å². The Balaban J connectivity index is 1.77. The van der Waals surface area contributed by atoms with Gasteiger partial charge in [0, 0.05) is 11.7 Å². The highest BCUT2D eigenvalue weighted by Gasteiger charge is 2.14. The van der Waals surface area contributed by atoms with Gasteiger partial charge in [0.15, 0.2) is 5.58 Å². The highest BCUT2D eigenvalue weighted by atomic mass is 16.4. The van der Waals surface area contributed by atoms with Gasteiger partial charge in [0.1, 0.15) is 5.52 Å². The van der Waals surface area contributed by atoms with Crippen molar-refractivity contribution in [1.29, 1.82) is 0 Å². The van der Waals surface area contributed by atoms with Crippen molar-refractivity contribution < 1.29 is 4.42 Å². The van der Waals surface area contributed by atoms with Crippen molar-refractivity contribution in [3.63, 3.8) is 0 Å². The predicted molar refractivity (Wildman–Crippen MR) is 73.5 cm³/mol. The number of benzene rings is 1. The molecule has 0 unspecified atom stereocenters. The summed E-state index contributed by atoms with van der Waals surface area (Å²) in [5, 5.41) is 3.41. The number of anilines is 2. The Morgan fingerprint density at radius 2 is 1.94 bits per heavy atom. The van der Waals surface area contributed by atoms with E-state index >= 15 is 0 Å². The van der Waals surface area contributed by atoms with Gasteiger partial charge >= 0.3 is 0 Å². The van der Waals surface area contributed by atoms with Gasteiger partial charge in [0.2, 0.25) is 0 Å². The summed E-state index contributed by atoms with van der Waals surface area (Å²) < 4.78 is 5.69. The molecule has 1 aliphatic carbocycles. The number of hydrogen-bond donors (Lipinski definition) is 2. The Labute approximate surface area is 107 Å². The van der Waals surface area contributed by atoms with E-state index in [0.717, 1.165) is 16.8 Å². The first kappa shape index (κ1) is 11.4. The first-order chi connectivity index (χ1) is 8.81. The number of fused-ring (bicyclic) bond motifs is 1. The molecule has 1 saturated carbocycles. The number of oxazole rings is 1. The summed E-state index contributed by atoms with van der Waals surface area (Å²) in [5.41, 5.74) is 8.07. The molecule has 1 fully saturated rings. The van der Waals surface area contributed by atoms with Crippen LogP contribution in [-0.2, 0) is 0 Å². The molecule has 0 spiro atoms. The second-order valence-electron chi connectivity index (χ2n) is 5.08. The van der Waals surface area contributed by atoms with Gasteiger partial charge < -0.3 is 15.5 Å². The molecule has 0 atom stereocenters. The Bertz CT molecular complexity index is 527. The number of nitrogens with one attached hydrogen (secondary N) is 1. The minimum absolute atomic E-state index is 0.498. The fourth-order valence-corrected chi connectivity index (χ4v) is 2.60. The molecule has 0 amide bonds. The maximum Gasteiger partial charge on any atom is 0.295 e. The number of rotatable bonds is 2. The van der Waals surface area contributed by atoms with E-state index in [9.17, 15) is 0 Å². The third-order valence-corrected chi connectivity index (χ3v) is 3.59. The number of hydrogen-bond acceptors (Lipinski definition) is 4. The molecule has 0 bridgehead atoms. The summed E-state index contributed by atoms with van der Waals surface area (Å²) >= 11 is 0. The van der Waals surface area contributed by atoms with Crippen LogP contribution < -0.4 is 11.1 Å². The van der Waals surface area contributed by atoms with Crippen LogP contribution in [0.3, 0.4) is 0 Å². The molecule has 0 aliphatic heterocycles. The van der Waals surface area contributed by atoms with Crippen LogP contribution >= 0.6 is 0 Å². The minimum Gasteiger partial charge on any atom is -0.424 e. The van der Waals surface area contributed by atoms with Crippen molar-refractivity contribution in [3.8, 4) is 0 Å². The highest BCUT2D eigenvalue weighted by Crippen LogP contribution is 2.24. The van der Waals surface area contributed by atoms with Gasteiger partial charge in [-0.2, -0.15) is 4.98 Å². The van der Waals surface area contributed by atoms with Crippen LogP contribution in [0.2, 0.25) is 0 Å². The number of nitrogens with zero attached hydrogens (tertiary/aromatic N) is 1. The van der Waals surface area contributed by atoms with E-state index in [1.165, 1.54) is 38.5 Å². The third-order valence-electron chi connectivity index (χ3n) is 3.59. The zero-order valence-electron chi connectivity index (χ0n) is 10.5. The fourth-order valence-electron chi connectivity index (χ4n) is 2.60. The lowest BCUT2D eigenvalue weighted by atomic mass is 10.1. The summed E-state index contributed by atoms with van der Waals surface area (Å²) in [6.07, 6.45) is 7.71. The molecule has 1 heterocycles. The lowest BCUT2D eigenvalue weighted by Crippen LogP contribution is -2.18. The van der Waals surface area contributed by atoms with E-state index in [1.807, 2.05) is 18.2 Å². The molecular formula is C14H19N3O. The van der Waals surface area contributed by atoms with Crippen molar-refractivity contribution in [3.05, 3.63) is 18.2 Å². The second kappa shape index (κ2) is 4.88. The molecule has 4 nitrogen and oxygen atoms in total. The summed E-state index contributed by atoms with van der Waals surface area (Å²) in [4.78, 5) is 4.44. The Hall–Kier alpha value is -1.71. The van der Waals surface area contributed by atoms with E-state index in [-0.39, 0.29) is 0 Å². The van der Waals surface area contributed by atoms with E-state index in [1.54, 1.807) is 0 Å². The number of aromatic nitrogens is 1. The average molecular weight is 245 g/mol. The zero-order valence-corrected chi connectivity index (χ0v) is 10.5. The normalized spacial score (nSPS) is 17.8. The highest BCUT2D eigenvalue weighted by molar-refractivity contribution is 5.78. The summed E-state index contributed by atoms with van der Waals surface area (Å²) in [6.45, 7) is 0. The van der Waals surface area contributed by atoms with E-state index < -0.39 is 0 Å². The summed E-state index contributed by atoms with van der Waals surface area (Å²) in [5.74, 6) is 0. The van der Waals surface area contributed by atoms with Crippen molar-refractivity contribution in [1.82, 2.24) is 4.98 Å². The van der Waals surface area contributed by atoms with Crippen LogP contribution in [0.1, 0.15) is 38.5 Å². The smallest absolute Gasteiger partial charge is 0.295 e. The zero-order chi connectivity index (χ0) is 12.4. The SMILES string of the molecule is Nc1ccc2oc(NC3CCCCCC3)nc2c1. The van der Waals surface area contributed by atoms with Crippen LogP contribution in [0, 0.1) is 0 Å². The van der Waals surface area contributed by atoms with Crippen LogP contribution in [0.25, 0.3) is 11.1 Å². The maximum absolute atomic E-state index is 5.74. The summed E-state index contributed by atoms with van der Waals surface area (Å²) in [7, 11) is 0. The van der Waals surface area contributed by atoms with Crippen molar-refractivity contribution >= 4 is 22.8 Å². The van der Waals surface area contributed by atoms with Gasteiger partial charge in [-0.05, 0) is 31.0 Å². The molecule has 4 heteroatoms. The van der Waals surface area contributed by atoms with Crippen molar-refractivity contribution in [2.75, 3.05) is 11.1 Å². The standard InChI is InChI=1S/C14H19N3O/c15-10-7-8-13-12(9-10)17-14(18-13)16-11-5-3-1-2-4-6-11/h7-9,11H,1-6,15H2,(H,16,17). The monoisotopic (exact) mass is 245 g/mol.